The summed E-state index contributed by atoms with van der Waals surface area (Å²) in [7, 11) is -3.60. The van der Waals surface area contributed by atoms with Gasteiger partial charge in [-0.1, -0.05) is 15.9 Å². The second kappa shape index (κ2) is 8.22. The standard InChI is InChI=1S/C15H14BrIN2O3S/c16-11-1-7-14(8-2-11)23(21,22)18-10-9-15(20)19-13-5-3-12(17)4-6-13/h1-8,18H,9-10H2,(H,19,20). The Morgan fingerprint density at radius 1 is 1.04 bits per heavy atom. The molecule has 0 aliphatic rings. The number of amides is 1. The maximum absolute atomic E-state index is 12.1. The van der Waals surface area contributed by atoms with Crippen molar-refractivity contribution in [3.8, 4) is 0 Å². The lowest BCUT2D eigenvalue weighted by Gasteiger charge is -2.08. The molecule has 0 aromatic heterocycles. The third-order valence-corrected chi connectivity index (χ3v) is 5.62. The molecular weight excluding hydrogens is 495 g/mol. The van der Waals surface area contributed by atoms with E-state index in [0.717, 1.165) is 8.04 Å². The highest BCUT2D eigenvalue weighted by atomic mass is 127. The fourth-order valence-corrected chi connectivity index (χ4v) is 3.41. The van der Waals surface area contributed by atoms with Gasteiger partial charge in [0.15, 0.2) is 0 Å². The van der Waals surface area contributed by atoms with Gasteiger partial charge >= 0.3 is 0 Å². The molecule has 0 aliphatic heterocycles. The number of hydrogen-bond donors (Lipinski definition) is 2. The Hall–Kier alpha value is -0.970. The van der Waals surface area contributed by atoms with Crippen LogP contribution in [0.2, 0.25) is 0 Å². The van der Waals surface area contributed by atoms with E-state index in [0.29, 0.717) is 5.69 Å². The maximum Gasteiger partial charge on any atom is 0.240 e. The molecule has 2 rings (SSSR count). The van der Waals surface area contributed by atoms with Crippen LogP contribution in [0.5, 0.6) is 0 Å². The summed E-state index contributed by atoms with van der Waals surface area (Å²) in [6, 6.07) is 13.7. The van der Waals surface area contributed by atoms with Gasteiger partial charge in [-0.2, -0.15) is 0 Å². The molecule has 0 atom stereocenters. The number of nitrogens with one attached hydrogen (secondary N) is 2. The summed E-state index contributed by atoms with van der Waals surface area (Å²) in [4.78, 5) is 12.0. The molecule has 122 valence electrons. The van der Waals surface area contributed by atoms with Crippen molar-refractivity contribution in [3.63, 3.8) is 0 Å². The van der Waals surface area contributed by atoms with Gasteiger partial charge in [0, 0.05) is 26.7 Å². The number of anilines is 1. The fourth-order valence-electron chi connectivity index (χ4n) is 1.75. The molecule has 1 amide bonds. The van der Waals surface area contributed by atoms with Crippen LogP contribution in [0.25, 0.3) is 0 Å². The van der Waals surface area contributed by atoms with E-state index in [4.69, 9.17) is 0 Å². The van der Waals surface area contributed by atoms with E-state index in [2.05, 4.69) is 48.6 Å². The topological polar surface area (TPSA) is 75.3 Å². The summed E-state index contributed by atoms with van der Waals surface area (Å²) >= 11 is 5.43. The molecule has 2 N–H and O–H groups in total. The maximum atomic E-state index is 12.1. The monoisotopic (exact) mass is 508 g/mol. The third kappa shape index (κ3) is 5.87. The van der Waals surface area contributed by atoms with Crippen LogP contribution < -0.4 is 10.0 Å². The smallest absolute Gasteiger partial charge is 0.240 e. The first-order valence-electron chi connectivity index (χ1n) is 6.67. The highest BCUT2D eigenvalue weighted by Crippen LogP contribution is 2.14. The first-order chi connectivity index (χ1) is 10.9. The molecule has 0 saturated heterocycles. The van der Waals surface area contributed by atoms with Gasteiger partial charge in [0.2, 0.25) is 15.9 Å². The number of benzene rings is 2. The minimum Gasteiger partial charge on any atom is -0.326 e. The summed E-state index contributed by atoms with van der Waals surface area (Å²) in [6.45, 7) is 0.0363. The zero-order chi connectivity index (χ0) is 16.9. The lowest BCUT2D eigenvalue weighted by molar-refractivity contribution is -0.116. The number of rotatable bonds is 6. The summed E-state index contributed by atoms with van der Waals surface area (Å²) in [5.41, 5.74) is 0.686. The molecule has 23 heavy (non-hydrogen) atoms. The second-order valence-corrected chi connectivity index (χ2v) is 8.59. The van der Waals surface area contributed by atoms with Crippen molar-refractivity contribution >= 4 is 60.1 Å². The van der Waals surface area contributed by atoms with Crippen LogP contribution in [0.3, 0.4) is 0 Å². The summed E-state index contributed by atoms with van der Waals surface area (Å²) < 4.78 is 28.4. The Bertz CT molecular complexity index is 777. The SMILES string of the molecule is O=C(CCNS(=O)(=O)c1ccc(Br)cc1)Nc1ccc(I)cc1. The second-order valence-electron chi connectivity index (χ2n) is 4.66. The number of sulfonamides is 1. The first kappa shape index (κ1) is 18.4. The Labute approximate surface area is 157 Å². The Kier molecular flexibility index (Phi) is 6.57. The molecule has 0 spiro atoms. The van der Waals surface area contributed by atoms with Gasteiger partial charge in [-0.15, -0.1) is 0 Å². The highest BCUT2D eigenvalue weighted by molar-refractivity contribution is 14.1. The van der Waals surface area contributed by atoms with Crippen LogP contribution in [0.4, 0.5) is 5.69 Å². The zero-order valence-electron chi connectivity index (χ0n) is 11.9. The van der Waals surface area contributed by atoms with Crippen LogP contribution in [-0.4, -0.2) is 20.9 Å². The van der Waals surface area contributed by atoms with E-state index >= 15 is 0 Å². The van der Waals surface area contributed by atoms with Crippen LogP contribution in [0, 0.1) is 3.57 Å². The molecule has 0 radical (unpaired) electrons. The van der Waals surface area contributed by atoms with Crippen molar-refractivity contribution in [2.24, 2.45) is 0 Å². The zero-order valence-corrected chi connectivity index (χ0v) is 16.5. The molecule has 0 heterocycles. The summed E-state index contributed by atoms with van der Waals surface area (Å²) in [5.74, 6) is -0.246. The Morgan fingerprint density at radius 3 is 2.26 bits per heavy atom. The van der Waals surface area contributed by atoms with E-state index in [1.807, 2.05) is 12.1 Å². The quantitative estimate of drug-likeness (QED) is 0.587. The van der Waals surface area contributed by atoms with Gasteiger partial charge in [-0.3, -0.25) is 4.79 Å². The summed E-state index contributed by atoms with van der Waals surface area (Å²) in [6.07, 6.45) is 0.0573. The Morgan fingerprint density at radius 2 is 1.65 bits per heavy atom. The minimum absolute atomic E-state index is 0.0363. The summed E-state index contributed by atoms with van der Waals surface area (Å²) in [5, 5.41) is 2.72. The van der Waals surface area contributed by atoms with Crippen molar-refractivity contribution in [2.75, 3.05) is 11.9 Å². The van der Waals surface area contributed by atoms with E-state index in [9.17, 15) is 13.2 Å². The van der Waals surface area contributed by atoms with Crippen molar-refractivity contribution < 1.29 is 13.2 Å². The van der Waals surface area contributed by atoms with Crippen molar-refractivity contribution in [1.82, 2.24) is 4.72 Å². The molecule has 2 aromatic carbocycles. The van der Waals surface area contributed by atoms with Crippen LogP contribution in [0.1, 0.15) is 6.42 Å². The number of carbonyl (C=O) groups excluding carboxylic acids is 1. The molecular formula is C15H14BrIN2O3S. The Balaban J connectivity index is 1.85. The highest BCUT2D eigenvalue weighted by Gasteiger charge is 2.13. The lowest BCUT2D eigenvalue weighted by Crippen LogP contribution is -2.27. The average Bonchev–Trinajstić information content (AvgIpc) is 2.50. The normalized spacial score (nSPS) is 11.2. The van der Waals surface area contributed by atoms with E-state index < -0.39 is 10.0 Å². The van der Waals surface area contributed by atoms with Gasteiger partial charge in [0.25, 0.3) is 0 Å². The van der Waals surface area contributed by atoms with Crippen molar-refractivity contribution in [3.05, 3.63) is 56.6 Å². The number of halogens is 2. The third-order valence-electron chi connectivity index (χ3n) is 2.90. The molecule has 0 saturated carbocycles. The molecule has 0 fully saturated rings. The van der Waals surface area contributed by atoms with E-state index in [1.165, 1.54) is 12.1 Å². The average molecular weight is 509 g/mol. The molecule has 8 heteroatoms. The van der Waals surface area contributed by atoms with Gasteiger partial charge in [0.05, 0.1) is 4.90 Å². The first-order valence-corrected chi connectivity index (χ1v) is 10.0. The van der Waals surface area contributed by atoms with Gasteiger partial charge in [-0.05, 0) is 71.1 Å². The minimum atomic E-state index is -3.60. The van der Waals surface area contributed by atoms with Crippen molar-refractivity contribution in [2.45, 2.75) is 11.3 Å². The number of hydrogen-bond acceptors (Lipinski definition) is 3. The van der Waals surface area contributed by atoms with Crippen LogP contribution in [0.15, 0.2) is 57.9 Å². The van der Waals surface area contributed by atoms with Crippen LogP contribution >= 0.6 is 38.5 Å². The molecule has 5 nitrogen and oxygen atoms in total. The van der Waals surface area contributed by atoms with Gasteiger partial charge < -0.3 is 5.32 Å². The molecule has 0 unspecified atom stereocenters. The predicted octanol–water partition coefficient (Wildman–Crippen LogP) is 3.36. The van der Waals surface area contributed by atoms with E-state index in [1.54, 1.807) is 24.3 Å². The molecule has 2 aromatic rings. The van der Waals surface area contributed by atoms with Crippen molar-refractivity contribution in [1.29, 1.82) is 0 Å². The predicted molar refractivity (Wildman–Crippen MR) is 102 cm³/mol. The van der Waals surface area contributed by atoms with Gasteiger partial charge in [0.1, 0.15) is 0 Å². The fraction of sp³-hybridized carbons (Fsp3) is 0.133. The lowest BCUT2D eigenvalue weighted by atomic mass is 10.3. The van der Waals surface area contributed by atoms with Crippen LogP contribution in [-0.2, 0) is 14.8 Å². The van der Waals surface area contributed by atoms with Gasteiger partial charge in [-0.25, -0.2) is 13.1 Å². The van der Waals surface area contributed by atoms with E-state index in [-0.39, 0.29) is 23.8 Å². The largest absolute Gasteiger partial charge is 0.326 e. The number of carbonyl (C=O) groups is 1. The molecule has 0 aliphatic carbocycles. The molecule has 0 bridgehead atoms.